The summed E-state index contributed by atoms with van der Waals surface area (Å²) in [4.78, 5) is 14.9. The van der Waals surface area contributed by atoms with Gasteiger partial charge in [-0.25, -0.2) is 8.42 Å². The molecule has 2 unspecified atom stereocenters. The third-order valence-corrected chi connectivity index (χ3v) is 9.04. The molecule has 1 heterocycles. The van der Waals surface area contributed by atoms with Gasteiger partial charge in [-0.3, -0.25) is 4.79 Å². The van der Waals surface area contributed by atoms with Crippen molar-refractivity contribution in [3.8, 4) is 0 Å². The molecule has 2 aromatic carbocycles. The van der Waals surface area contributed by atoms with Crippen LogP contribution >= 0.6 is 23.2 Å². The number of carbonyl (C=O) groups is 1. The van der Waals surface area contributed by atoms with Crippen molar-refractivity contribution >= 4 is 38.9 Å². The molecule has 1 aliphatic rings. The second-order valence-corrected chi connectivity index (χ2v) is 12.7. The molecule has 3 rings (SSSR count). The first-order valence-electron chi connectivity index (χ1n) is 10.6. The number of rotatable bonds is 6. The van der Waals surface area contributed by atoms with Gasteiger partial charge in [-0.2, -0.15) is 0 Å². The zero-order valence-electron chi connectivity index (χ0n) is 18.7. The summed E-state index contributed by atoms with van der Waals surface area (Å²) in [6.45, 7) is 6.82. The molecule has 8 heteroatoms. The van der Waals surface area contributed by atoms with Crippen LogP contribution in [-0.2, 0) is 19.4 Å². The second kappa shape index (κ2) is 9.72. The van der Waals surface area contributed by atoms with Crippen molar-refractivity contribution in [2.45, 2.75) is 57.1 Å². The van der Waals surface area contributed by atoms with Crippen molar-refractivity contribution in [1.29, 1.82) is 0 Å². The highest BCUT2D eigenvalue weighted by Gasteiger charge is 2.44. The Labute approximate surface area is 200 Å². The molecule has 3 atom stereocenters. The molecule has 0 bridgehead atoms. The first kappa shape index (κ1) is 25.0. The quantitative estimate of drug-likeness (QED) is 0.518. The Bertz CT molecular complexity index is 1060. The third-order valence-electron chi connectivity index (χ3n) is 5.86. The lowest BCUT2D eigenvalue weighted by atomic mass is 9.91. The van der Waals surface area contributed by atoms with Crippen LogP contribution in [0.1, 0.15) is 57.4 Å². The summed E-state index contributed by atoms with van der Waals surface area (Å²) in [5, 5.41) is 1.14. The van der Waals surface area contributed by atoms with Gasteiger partial charge in [0, 0.05) is 16.1 Å². The highest BCUT2D eigenvalue weighted by Crippen LogP contribution is 2.42. The Balaban J connectivity index is 2.11. The van der Waals surface area contributed by atoms with Crippen molar-refractivity contribution in [2.24, 2.45) is 0 Å². The van der Waals surface area contributed by atoms with Crippen LogP contribution in [0.25, 0.3) is 0 Å². The minimum atomic E-state index is -3.46. The predicted octanol–water partition coefficient (Wildman–Crippen LogP) is 5.63. The van der Waals surface area contributed by atoms with Gasteiger partial charge in [0.05, 0.1) is 16.5 Å². The van der Waals surface area contributed by atoms with Gasteiger partial charge in [-0.1, -0.05) is 54.4 Å². The van der Waals surface area contributed by atoms with Gasteiger partial charge < -0.3 is 9.64 Å². The van der Waals surface area contributed by atoms with E-state index in [1.807, 2.05) is 37.3 Å². The second-order valence-electron chi connectivity index (χ2n) is 9.04. The number of amides is 1. The van der Waals surface area contributed by atoms with Crippen molar-refractivity contribution in [3.63, 3.8) is 0 Å². The summed E-state index contributed by atoms with van der Waals surface area (Å²) >= 11 is 12.3. The minimum absolute atomic E-state index is 0.120. The lowest BCUT2D eigenvalue weighted by Gasteiger charge is -2.45. The summed E-state index contributed by atoms with van der Waals surface area (Å²) in [6, 6.07) is 13.5. The van der Waals surface area contributed by atoms with Gasteiger partial charge in [-0.15, -0.1) is 0 Å². The number of ether oxygens (including phenoxy) is 1. The van der Waals surface area contributed by atoms with Crippen molar-refractivity contribution in [1.82, 2.24) is 4.90 Å². The van der Waals surface area contributed by atoms with Crippen molar-refractivity contribution in [2.75, 3.05) is 12.4 Å². The molecule has 1 amide bonds. The lowest BCUT2D eigenvalue weighted by Crippen LogP contribution is -2.53. The normalized spacial score (nSPS) is 20.9. The molecule has 0 radical (unpaired) electrons. The summed E-state index contributed by atoms with van der Waals surface area (Å²) in [5.74, 6) is -0.357. The van der Waals surface area contributed by atoms with E-state index in [0.717, 1.165) is 11.1 Å². The van der Waals surface area contributed by atoms with Crippen LogP contribution in [0.3, 0.4) is 0 Å². The Morgan fingerprint density at radius 2 is 1.72 bits per heavy atom. The number of sulfone groups is 1. The number of hydrogen-bond acceptors (Lipinski definition) is 4. The van der Waals surface area contributed by atoms with Gasteiger partial charge in [0.25, 0.3) is 0 Å². The van der Waals surface area contributed by atoms with E-state index < -0.39 is 32.8 Å². The first-order valence-corrected chi connectivity index (χ1v) is 13.0. The van der Waals surface area contributed by atoms with E-state index in [9.17, 15) is 13.2 Å². The molecule has 2 aromatic rings. The van der Waals surface area contributed by atoms with Crippen molar-refractivity contribution in [3.05, 3.63) is 69.7 Å². The molecule has 32 heavy (non-hydrogen) atoms. The largest absolute Gasteiger partial charge is 0.361 e. The average Bonchev–Trinajstić information content (AvgIpc) is 2.72. The lowest BCUT2D eigenvalue weighted by molar-refractivity contribution is -0.162. The number of halogens is 2. The molecule has 1 aliphatic heterocycles. The summed E-state index contributed by atoms with van der Waals surface area (Å²) in [5.41, 5.74) is 1.64. The minimum Gasteiger partial charge on any atom is -0.361 e. The number of morpholine rings is 1. The fourth-order valence-electron chi connectivity index (χ4n) is 3.91. The molecule has 0 spiro atoms. The van der Waals surface area contributed by atoms with E-state index in [0.29, 0.717) is 16.5 Å². The van der Waals surface area contributed by atoms with E-state index in [2.05, 4.69) is 0 Å². The van der Waals surface area contributed by atoms with E-state index in [1.54, 1.807) is 43.9 Å². The summed E-state index contributed by atoms with van der Waals surface area (Å²) < 4.78 is 31.2. The van der Waals surface area contributed by atoms with Crippen LogP contribution in [0.15, 0.2) is 48.5 Å². The van der Waals surface area contributed by atoms with Gasteiger partial charge in [0.1, 0.15) is 12.7 Å². The van der Waals surface area contributed by atoms with E-state index in [-0.39, 0.29) is 18.3 Å². The van der Waals surface area contributed by atoms with Gasteiger partial charge in [0.2, 0.25) is 5.91 Å². The smallest absolute Gasteiger partial charge is 0.249 e. The topological polar surface area (TPSA) is 63.7 Å². The molecule has 1 saturated heterocycles. The van der Waals surface area contributed by atoms with E-state index in [1.165, 1.54) is 0 Å². The molecule has 174 valence electrons. The standard InChI is InChI=1S/C24H29Cl2NO4S/c1-5-20(15-32(29,30)24(2,3)4)27-21(28)14-31-23(17-7-6-8-19(26)13-17)22(27)16-9-11-18(25)12-10-16/h6-13,20,22-23H,5,14-15H2,1-4H3/t20-,22?,23?/m0/s1. The van der Waals surface area contributed by atoms with Crippen LogP contribution in [0.5, 0.6) is 0 Å². The zero-order valence-corrected chi connectivity index (χ0v) is 21.0. The summed E-state index contributed by atoms with van der Waals surface area (Å²) in [6.07, 6.45) is -0.00750. The van der Waals surface area contributed by atoms with Crippen LogP contribution < -0.4 is 0 Å². The van der Waals surface area contributed by atoms with Crippen molar-refractivity contribution < 1.29 is 17.9 Å². The zero-order chi connectivity index (χ0) is 23.7. The van der Waals surface area contributed by atoms with E-state index in [4.69, 9.17) is 27.9 Å². The molecular formula is C24H29Cl2NO4S. The Hall–Kier alpha value is -1.60. The van der Waals surface area contributed by atoms with E-state index >= 15 is 0 Å². The molecule has 5 nitrogen and oxygen atoms in total. The van der Waals surface area contributed by atoms with Gasteiger partial charge in [0.15, 0.2) is 9.84 Å². The molecule has 0 aliphatic carbocycles. The van der Waals surface area contributed by atoms with Gasteiger partial charge >= 0.3 is 0 Å². The number of benzene rings is 2. The van der Waals surface area contributed by atoms with Gasteiger partial charge in [-0.05, 0) is 62.6 Å². The maximum absolute atomic E-state index is 13.2. The molecule has 0 saturated carbocycles. The van der Waals surface area contributed by atoms with Crippen LogP contribution in [-0.4, -0.2) is 42.4 Å². The Kier molecular flexibility index (Phi) is 7.60. The Morgan fingerprint density at radius 1 is 1.06 bits per heavy atom. The maximum Gasteiger partial charge on any atom is 0.249 e. The molecule has 0 N–H and O–H groups in total. The predicted molar refractivity (Wildman–Crippen MR) is 129 cm³/mol. The monoisotopic (exact) mass is 497 g/mol. The molecule has 0 aromatic heterocycles. The number of nitrogens with zero attached hydrogens (tertiary/aromatic N) is 1. The summed E-state index contributed by atoms with van der Waals surface area (Å²) in [7, 11) is -3.46. The fraction of sp³-hybridized carbons (Fsp3) is 0.458. The number of carbonyl (C=O) groups excluding carboxylic acids is 1. The third kappa shape index (κ3) is 5.30. The Morgan fingerprint density at radius 3 is 2.28 bits per heavy atom. The molecule has 1 fully saturated rings. The SMILES string of the molecule is CC[C@@H](CS(=O)(=O)C(C)(C)C)N1C(=O)COC(c2cccc(Cl)c2)C1c1ccc(Cl)cc1. The van der Waals surface area contributed by atoms with Crippen LogP contribution in [0.4, 0.5) is 0 Å². The maximum atomic E-state index is 13.2. The highest BCUT2D eigenvalue weighted by molar-refractivity contribution is 7.92. The van der Waals surface area contributed by atoms with Crippen LogP contribution in [0, 0.1) is 0 Å². The average molecular weight is 498 g/mol. The van der Waals surface area contributed by atoms with Crippen LogP contribution in [0.2, 0.25) is 10.0 Å². The highest BCUT2D eigenvalue weighted by atomic mass is 35.5. The first-order chi connectivity index (χ1) is 14.9. The molecular weight excluding hydrogens is 469 g/mol. The fourth-order valence-corrected chi connectivity index (χ4v) is 5.64. The number of hydrogen-bond donors (Lipinski definition) is 0.